The zero-order valence-electron chi connectivity index (χ0n) is 15.8. The van der Waals surface area contributed by atoms with Gasteiger partial charge >= 0.3 is 6.03 Å². The second kappa shape index (κ2) is 8.89. The number of carbonyl (C=O) groups excluding carboxylic acids is 2. The van der Waals surface area contributed by atoms with Crippen molar-refractivity contribution >= 4 is 27.8 Å². The quantitative estimate of drug-likeness (QED) is 0.773. The number of nitrogens with one attached hydrogen (secondary N) is 1. The van der Waals surface area contributed by atoms with Gasteiger partial charge in [0.05, 0.1) is 0 Å². The molecule has 9 nitrogen and oxygen atoms in total. The van der Waals surface area contributed by atoms with E-state index >= 15 is 0 Å². The summed E-state index contributed by atoms with van der Waals surface area (Å²) in [7, 11) is -3.46. The van der Waals surface area contributed by atoms with Crippen LogP contribution in [0.2, 0.25) is 0 Å². The molecule has 0 aromatic heterocycles. The molecule has 2 aliphatic rings. The molecule has 0 aliphatic carbocycles. The minimum atomic E-state index is -3.46. The van der Waals surface area contributed by atoms with E-state index in [1.807, 2.05) is 0 Å². The van der Waals surface area contributed by atoms with Gasteiger partial charge in [-0.05, 0) is 37.1 Å². The first-order chi connectivity index (χ1) is 13.4. The third-order valence-corrected chi connectivity index (χ3v) is 7.18. The Labute approximate surface area is 165 Å². The molecule has 10 heteroatoms. The van der Waals surface area contributed by atoms with Crippen molar-refractivity contribution in [2.24, 2.45) is 5.73 Å². The number of carbonyl (C=O) groups is 2. The summed E-state index contributed by atoms with van der Waals surface area (Å²) in [6.07, 6.45) is 3.95. The van der Waals surface area contributed by atoms with Crippen molar-refractivity contribution in [3.05, 3.63) is 29.8 Å². The molecule has 0 spiro atoms. The van der Waals surface area contributed by atoms with Gasteiger partial charge in [0, 0.05) is 50.5 Å². The SMILES string of the molecule is NC(=O)Nc1ccc(C(=O)N2CCN(S(=O)(=O)N3CCCCCC3)CC2)cc1. The zero-order chi connectivity index (χ0) is 20.1. The molecule has 2 saturated heterocycles. The van der Waals surface area contributed by atoms with E-state index in [4.69, 9.17) is 5.73 Å². The molecule has 0 radical (unpaired) electrons. The van der Waals surface area contributed by atoms with Gasteiger partial charge in [0.25, 0.3) is 16.1 Å². The smallest absolute Gasteiger partial charge is 0.316 e. The average molecular weight is 410 g/mol. The summed E-state index contributed by atoms with van der Waals surface area (Å²) >= 11 is 0. The van der Waals surface area contributed by atoms with Gasteiger partial charge < -0.3 is 16.0 Å². The van der Waals surface area contributed by atoms with E-state index < -0.39 is 16.2 Å². The number of primary amides is 1. The first-order valence-electron chi connectivity index (χ1n) is 9.59. The largest absolute Gasteiger partial charge is 0.351 e. The van der Waals surface area contributed by atoms with Crippen LogP contribution in [0.1, 0.15) is 36.0 Å². The van der Waals surface area contributed by atoms with Gasteiger partial charge in [-0.25, -0.2) is 4.79 Å². The monoisotopic (exact) mass is 409 g/mol. The number of hydrogen-bond donors (Lipinski definition) is 2. The number of nitrogens with two attached hydrogens (primary N) is 1. The van der Waals surface area contributed by atoms with Crippen molar-refractivity contribution in [2.45, 2.75) is 25.7 Å². The summed E-state index contributed by atoms with van der Waals surface area (Å²) in [5, 5.41) is 2.44. The predicted molar refractivity (Wildman–Crippen MR) is 106 cm³/mol. The molecule has 0 unspecified atom stereocenters. The van der Waals surface area contributed by atoms with Crippen LogP contribution in [0.25, 0.3) is 0 Å². The summed E-state index contributed by atoms with van der Waals surface area (Å²) in [5.74, 6) is -0.155. The molecule has 3 N–H and O–H groups in total. The Morgan fingerprint density at radius 3 is 1.89 bits per heavy atom. The third kappa shape index (κ3) is 4.81. The van der Waals surface area contributed by atoms with Crippen LogP contribution in [0.3, 0.4) is 0 Å². The molecular formula is C18H27N5O4S. The van der Waals surface area contributed by atoms with Crippen LogP contribution in [0.15, 0.2) is 24.3 Å². The summed E-state index contributed by atoms with van der Waals surface area (Å²) < 4.78 is 28.8. The number of hydrogen-bond acceptors (Lipinski definition) is 4. The van der Waals surface area contributed by atoms with E-state index in [9.17, 15) is 18.0 Å². The zero-order valence-corrected chi connectivity index (χ0v) is 16.7. The lowest BCUT2D eigenvalue weighted by atomic mass is 10.1. The molecule has 0 saturated carbocycles. The molecule has 3 rings (SSSR count). The van der Waals surface area contributed by atoms with Crippen LogP contribution in [-0.2, 0) is 10.2 Å². The highest BCUT2D eigenvalue weighted by Gasteiger charge is 2.33. The number of anilines is 1. The first-order valence-corrected chi connectivity index (χ1v) is 11.0. The molecule has 0 bridgehead atoms. The molecule has 2 fully saturated rings. The highest BCUT2D eigenvalue weighted by atomic mass is 32.2. The van der Waals surface area contributed by atoms with Crippen LogP contribution >= 0.6 is 0 Å². The molecular weight excluding hydrogens is 382 g/mol. The highest BCUT2D eigenvalue weighted by Crippen LogP contribution is 2.19. The van der Waals surface area contributed by atoms with Gasteiger partial charge in [-0.3, -0.25) is 4.79 Å². The standard InChI is InChI=1S/C18H27N5O4S/c19-18(25)20-16-7-5-15(6-8-16)17(24)21-11-13-23(14-12-21)28(26,27)22-9-3-1-2-4-10-22/h5-8H,1-4,9-14H2,(H3,19,20,25). The second-order valence-electron chi connectivity index (χ2n) is 7.08. The lowest BCUT2D eigenvalue weighted by molar-refractivity contribution is 0.0694. The normalized spacial score (nSPS) is 19.8. The fourth-order valence-corrected chi connectivity index (χ4v) is 5.25. The van der Waals surface area contributed by atoms with E-state index in [1.54, 1.807) is 33.5 Å². The minimum absolute atomic E-state index is 0.155. The lowest BCUT2D eigenvalue weighted by Crippen LogP contribution is -2.54. The van der Waals surface area contributed by atoms with E-state index in [-0.39, 0.29) is 5.91 Å². The van der Waals surface area contributed by atoms with Crippen molar-refractivity contribution in [3.8, 4) is 0 Å². The van der Waals surface area contributed by atoms with E-state index in [2.05, 4.69) is 5.32 Å². The molecule has 2 heterocycles. The maximum absolute atomic E-state index is 12.9. The van der Waals surface area contributed by atoms with Crippen molar-refractivity contribution in [3.63, 3.8) is 0 Å². The van der Waals surface area contributed by atoms with Gasteiger partial charge in [0.15, 0.2) is 0 Å². The molecule has 1 aromatic carbocycles. The Morgan fingerprint density at radius 1 is 0.821 bits per heavy atom. The fourth-order valence-electron chi connectivity index (χ4n) is 3.58. The van der Waals surface area contributed by atoms with Gasteiger partial charge in [-0.1, -0.05) is 12.8 Å². The van der Waals surface area contributed by atoms with E-state index in [1.165, 1.54) is 4.31 Å². The van der Waals surface area contributed by atoms with Crippen molar-refractivity contribution in [1.29, 1.82) is 0 Å². The van der Waals surface area contributed by atoms with Gasteiger partial charge in [-0.2, -0.15) is 17.0 Å². The molecule has 3 amide bonds. The maximum Gasteiger partial charge on any atom is 0.316 e. The maximum atomic E-state index is 12.9. The Kier molecular flexibility index (Phi) is 6.53. The molecule has 28 heavy (non-hydrogen) atoms. The van der Waals surface area contributed by atoms with Crippen molar-refractivity contribution in [2.75, 3.05) is 44.6 Å². The Morgan fingerprint density at radius 2 is 1.36 bits per heavy atom. The summed E-state index contributed by atoms with van der Waals surface area (Å²) in [6, 6.07) is 5.79. The Bertz CT molecular complexity index is 796. The Balaban J connectivity index is 1.58. The van der Waals surface area contributed by atoms with Crippen LogP contribution < -0.4 is 11.1 Å². The fraction of sp³-hybridized carbons (Fsp3) is 0.556. The summed E-state index contributed by atoms with van der Waals surface area (Å²) in [5.41, 5.74) is 6.06. The van der Waals surface area contributed by atoms with Gasteiger partial charge in [-0.15, -0.1) is 0 Å². The summed E-state index contributed by atoms with van der Waals surface area (Å²) in [6.45, 7) is 2.46. The lowest BCUT2D eigenvalue weighted by Gasteiger charge is -2.36. The van der Waals surface area contributed by atoms with Gasteiger partial charge in [0.2, 0.25) is 0 Å². The van der Waals surface area contributed by atoms with Crippen LogP contribution in [0, 0.1) is 0 Å². The first kappa shape index (κ1) is 20.6. The average Bonchev–Trinajstić information content (AvgIpc) is 2.98. The van der Waals surface area contributed by atoms with Crippen LogP contribution in [-0.4, -0.2) is 73.1 Å². The molecule has 1 aromatic rings. The van der Waals surface area contributed by atoms with E-state index in [0.29, 0.717) is 50.5 Å². The van der Waals surface area contributed by atoms with Crippen LogP contribution in [0.5, 0.6) is 0 Å². The third-order valence-electron chi connectivity index (χ3n) is 5.14. The number of amides is 3. The minimum Gasteiger partial charge on any atom is -0.351 e. The molecule has 0 atom stereocenters. The number of piperazine rings is 1. The van der Waals surface area contributed by atoms with Crippen LogP contribution in [0.4, 0.5) is 10.5 Å². The molecule has 154 valence electrons. The van der Waals surface area contributed by atoms with E-state index in [0.717, 1.165) is 25.7 Å². The van der Waals surface area contributed by atoms with Gasteiger partial charge in [0.1, 0.15) is 0 Å². The number of nitrogens with zero attached hydrogens (tertiary/aromatic N) is 3. The van der Waals surface area contributed by atoms with Crippen molar-refractivity contribution in [1.82, 2.24) is 13.5 Å². The highest BCUT2D eigenvalue weighted by molar-refractivity contribution is 7.86. The number of rotatable bonds is 4. The second-order valence-corrected chi connectivity index (χ2v) is 9.01. The van der Waals surface area contributed by atoms with Crippen molar-refractivity contribution < 1.29 is 18.0 Å². The molecule has 2 aliphatic heterocycles. The Hall–Kier alpha value is -2.17. The number of urea groups is 1. The number of benzene rings is 1. The predicted octanol–water partition coefficient (Wildman–Crippen LogP) is 1.06. The topological polar surface area (TPSA) is 116 Å². The summed E-state index contributed by atoms with van der Waals surface area (Å²) in [4.78, 5) is 25.2.